The van der Waals surface area contributed by atoms with E-state index in [2.05, 4.69) is 13.8 Å². The molecule has 0 aliphatic heterocycles. The molecule has 0 radical (unpaired) electrons. The van der Waals surface area contributed by atoms with Crippen molar-refractivity contribution in [3.05, 3.63) is 96.1 Å². The van der Waals surface area contributed by atoms with Crippen LogP contribution in [0.15, 0.2) is 94.7 Å². The van der Waals surface area contributed by atoms with E-state index in [9.17, 15) is 36.2 Å². The molecular weight excluding hydrogens is 697 g/mol. The SMILES string of the molecule is CCCCCCc1cccc(Oc2cccc(O)c2)c1S(=O)(=O)O.CCCCCCc1cccc(Oc2cccc([O-])c2)c1S(=O)(=O)[O-].[Ca+2]. The van der Waals surface area contributed by atoms with Gasteiger partial charge in [-0.1, -0.05) is 94.8 Å². The molecule has 4 aromatic rings. The summed E-state index contributed by atoms with van der Waals surface area (Å²) in [7, 11) is -9.11. The third kappa shape index (κ3) is 14.1. The molecule has 0 saturated carbocycles. The van der Waals surface area contributed by atoms with E-state index >= 15 is 0 Å². The molecule has 0 aliphatic carbocycles. The van der Waals surface area contributed by atoms with Gasteiger partial charge in [-0.05, 0) is 73.2 Å². The number of hydrogen-bond donors (Lipinski definition) is 2. The Morgan fingerprint density at radius 2 is 1.10 bits per heavy atom. The van der Waals surface area contributed by atoms with E-state index in [1.54, 1.807) is 36.4 Å². The zero-order valence-corrected chi connectivity index (χ0v) is 31.7. The Bertz CT molecular complexity index is 1710. The van der Waals surface area contributed by atoms with Crippen molar-refractivity contribution < 1.29 is 45.6 Å². The summed E-state index contributed by atoms with van der Waals surface area (Å²) in [6, 6.07) is 21.3. The second-order valence-corrected chi connectivity index (χ2v) is 13.9. The van der Waals surface area contributed by atoms with Crippen molar-refractivity contribution in [1.82, 2.24) is 0 Å². The molecular formula is C36H42CaO10S2. The Kier molecular flexibility index (Phi) is 17.9. The van der Waals surface area contributed by atoms with Gasteiger partial charge in [-0.3, -0.25) is 4.55 Å². The number of unbranched alkanes of at least 4 members (excludes halogenated alkanes) is 6. The second-order valence-electron chi connectivity index (χ2n) is 11.2. The summed E-state index contributed by atoms with van der Waals surface area (Å²) in [5.41, 5.74) is 0.989. The Morgan fingerprint density at radius 1 is 0.633 bits per heavy atom. The van der Waals surface area contributed by atoms with Gasteiger partial charge in [0.25, 0.3) is 10.1 Å². The first-order chi connectivity index (χ1) is 22.8. The number of benzene rings is 4. The van der Waals surface area contributed by atoms with Crippen molar-refractivity contribution in [2.24, 2.45) is 0 Å². The predicted molar refractivity (Wildman–Crippen MR) is 186 cm³/mol. The summed E-state index contributed by atoms with van der Waals surface area (Å²) in [5.74, 6) is 0.268. The van der Waals surface area contributed by atoms with Crippen LogP contribution in [0.4, 0.5) is 0 Å². The molecule has 0 fully saturated rings. The third-order valence-electron chi connectivity index (χ3n) is 7.31. The molecule has 0 aromatic heterocycles. The molecule has 13 heteroatoms. The number of phenols is 1. The fourth-order valence-electron chi connectivity index (χ4n) is 5.08. The van der Waals surface area contributed by atoms with Crippen LogP contribution in [0.5, 0.6) is 34.5 Å². The van der Waals surface area contributed by atoms with E-state index in [1.165, 1.54) is 48.5 Å². The molecule has 2 N–H and O–H groups in total. The van der Waals surface area contributed by atoms with Gasteiger partial charge >= 0.3 is 37.7 Å². The summed E-state index contributed by atoms with van der Waals surface area (Å²) in [5, 5.41) is 20.9. The van der Waals surface area contributed by atoms with Crippen molar-refractivity contribution in [2.45, 2.75) is 87.8 Å². The number of hydrogen-bond acceptors (Lipinski definition) is 9. The van der Waals surface area contributed by atoms with Crippen molar-refractivity contribution in [2.75, 3.05) is 0 Å². The average molecular weight is 739 g/mol. The van der Waals surface area contributed by atoms with Gasteiger partial charge in [0.15, 0.2) is 0 Å². The molecule has 0 unspecified atom stereocenters. The number of ether oxygens (including phenoxy) is 2. The minimum atomic E-state index is -4.69. The largest absolute Gasteiger partial charge is 2.00 e. The average Bonchev–Trinajstić information content (AvgIpc) is 3.01. The van der Waals surface area contributed by atoms with Crippen LogP contribution in [-0.4, -0.2) is 68.8 Å². The van der Waals surface area contributed by atoms with Gasteiger partial charge in [0.1, 0.15) is 48.7 Å². The molecule has 10 nitrogen and oxygen atoms in total. The molecule has 260 valence electrons. The van der Waals surface area contributed by atoms with Gasteiger partial charge in [0, 0.05) is 6.07 Å². The van der Waals surface area contributed by atoms with Gasteiger partial charge in [-0.2, -0.15) is 8.42 Å². The second kappa shape index (κ2) is 20.7. The smallest absolute Gasteiger partial charge is 0.872 e. The van der Waals surface area contributed by atoms with Crippen LogP contribution >= 0.6 is 0 Å². The van der Waals surface area contributed by atoms with Crippen LogP contribution < -0.4 is 14.6 Å². The van der Waals surface area contributed by atoms with E-state index in [4.69, 9.17) is 9.47 Å². The zero-order chi connectivity index (χ0) is 35.2. The Morgan fingerprint density at radius 3 is 1.57 bits per heavy atom. The van der Waals surface area contributed by atoms with E-state index in [1.807, 2.05) is 0 Å². The summed E-state index contributed by atoms with van der Waals surface area (Å²) >= 11 is 0. The molecule has 0 bridgehead atoms. The first-order valence-corrected chi connectivity index (χ1v) is 18.8. The van der Waals surface area contributed by atoms with Crippen LogP contribution in [0.2, 0.25) is 0 Å². The van der Waals surface area contributed by atoms with E-state index < -0.39 is 20.2 Å². The normalized spacial score (nSPS) is 11.2. The molecule has 0 atom stereocenters. The maximum atomic E-state index is 11.8. The summed E-state index contributed by atoms with van der Waals surface area (Å²) in [4.78, 5) is -0.539. The number of aryl methyl sites for hydroxylation is 2. The van der Waals surface area contributed by atoms with E-state index in [0.717, 1.165) is 51.4 Å². The maximum Gasteiger partial charge on any atom is 2.00 e. The van der Waals surface area contributed by atoms with Gasteiger partial charge in [-0.15, -0.1) is 5.75 Å². The van der Waals surface area contributed by atoms with Crippen LogP contribution in [0, 0.1) is 0 Å². The molecule has 0 spiro atoms. The Hall–Kier alpha value is -2.84. The van der Waals surface area contributed by atoms with Crippen molar-refractivity contribution in [3.63, 3.8) is 0 Å². The molecule has 4 rings (SSSR count). The summed E-state index contributed by atoms with van der Waals surface area (Å²) < 4.78 is 79.6. The summed E-state index contributed by atoms with van der Waals surface area (Å²) in [6.45, 7) is 4.19. The van der Waals surface area contributed by atoms with Gasteiger partial charge in [0.2, 0.25) is 0 Å². The Labute approximate surface area is 319 Å². The first kappa shape index (κ1) is 42.3. The molecule has 4 aromatic carbocycles. The molecule has 0 amide bonds. The van der Waals surface area contributed by atoms with Crippen LogP contribution in [-0.2, 0) is 33.1 Å². The minimum absolute atomic E-state index is 0. The fraction of sp³-hybridized carbons (Fsp3) is 0.333. The van der Waals surface area contributed by atoms with Crippen LogP contribution in [0.3, 0.4) is 0 Å². The monoisotopic (exact) mass is 738 g/mol. The van der Waals surface area contributed by atoms with Gasteiger partial charge in [-0.25, -0.2) is 8.42 Å². The van der Waals surface area contributed by atoms with Crippen molar-refractivity contribution >= 4 is 58.0 Å². The quantitative estimate of drug-likeness (QED) is 0.0657. The van der Waals surface area contributed by atoms with Crippen molar-refractivity contribution in [1.29, 1.82) is 0 Å². The van der Waals surface area contributed by atoms with E-state index in [0.29, 0.717) is 29.7 Å². The molecule has 0 saturated heterocycles. The topological polar surface area (TPSA) is 173 Å². The summed E-state index contributed by atoms with van der Waals surface area (Å²) in [6.07, 6.45) is 8.96. The van der Waals surface area contributed by atoms with Crippen LogP contribution in [0.1, 0.15) is 76.3 Å². The number of rotatable bonds is 16. The standard InChI is InChI=1S/2C18H22O5S.Ca/c2*1-2-3-4-5-8-14-9-6-12-17(18(14)24(20,21)22)23-16-11-7-10-15(19)13-16;/h2*6-7,9-13,19H,2-5,8H2,1H3,(H,20,21,22);/q;;+2/p-2. The molecule has 0 heterocycles. The minimum Gasteiger partial charge on any atom is -0.872 e. The van der Waals surface area contributed by atoms with E-state index in [-0.39, 0.29) is 76.3 Å². The Balaban J connectivity index is 0.000000333. The first-order valence-electron chi connectivity index (χ1n) is 15.9. The number of phenolic OH excluding ortho intramolecular Hbond substituents is 1. The van der Waals surface area contributed by atoms with Gasteiger partial charge < -0.3 is 24.2 Å². The van der Waals surface area contributed by atoms with Gasteiger partial charge in [0.05, 0.1) is 0 Å². The van der Waals surface area contributed by atoms with Crippen LogP contribution in [0.25, 0.3) is 0 Å². The molecule has 49 heavy (non-hydrogen) atoms. The number of aromatic hydroxyl groups is 1. The maximum absolute atomic E-state index is 11.8. The fourth-order valence-corrected chi connectivity index (χ4v) is 6.79. The molecule has 0 aliphatic rings. The van der Waals surface area contributed by atoms with Crippen molar-refractivity contribution in [3.8, 4) is 34.5 Å². The predicted octanol–water partition coefficient (Wildman–Crippen LogP) is 7.75. The zero-order valence-electron chi connectivity index (χ0n) is 27.8. The third-order valence-corrected chi connectivity index (χ3v) is 9.25.